The van der Waals surface area contributed by atoms with Gasteiger partial charge in [0.1, 0.15) is 5.75 Å². The third kappa shape index (κ3) is 3.13. The quantitative estimate of drug-likeness (QED) is 0.884. The molecule has 2 N–H and O–H groups in total. The molecule has 0 radical (unpaired) electrons. The lowest BCUT2D eigenvalue weighted by Gasteiger charge is -2.04. The smallest absolute Gasteiger partial charge is 0.230 e. The third-order valence-electron chi connectivity index (χ3n) is 3.03. The van der Waals surface area contributed by atoms with Crippen LogP contribution in [0.15, 0.2) is 24.3 Å². The summed E-state index contributed by atoms with van der Waals surface area (Å²) in [6.07, 6.45) is 0.315. The SMILES string of the molecule is COc1ccc(CC(=O)Nc2n[nH]c(C)c2C)cc1. The summed E-state index contributed by atoms with van der Waals surface area (Å²) in [5.41, 5.74) is 2.85. The molecule has 5 nitrogen and oxygen atoms in total. The van der Waals surface area contributed by atoms with Crippen molar-refractivity contribution < 1.29 is 9.53 Å². The van der Waals surface area contributed by atoms with E-state index in [1.54, 1.807) is 7.11 Å². The number of methoxy groups -OCH3 is 1. The number of benzene rings is 1. The van der Waals surface area contributed by atoms with Crippen LogP contribution < -0.4 is 10.1 Å². The van der Waals surface area contributed by atoms with Gasteiger partial charge in [-0.05, 0) is 31.5 Å². The zero-order chi connectivity index (χ0) is 13.8. The van der Waals surface area contributed by atoms with Gasteiger partial charge in [-0.1, -0.05) is 12.1 Å². The maximum atomic E-state index is 11.9. The van der Waals surface area contributed by atoms with E-state index in [9.17, 15) is 4.79 Å². The van der Waals surface area contributed by atoms with Gasteiger partial charge in [-0.25, -0.2) is 0 Å². The first kappa shape index (κ1) is 13.1. The predicted octanol–water partition coefficient (Wildman–Crippen LogP) is 2.22. The second-order valence-corrected chi connectivity index (χ2v) is 4.40. The fraction of sp³-hybridized carbons (Fsp3) is 0.286. The molecule has 0 atom stereocenters. The molecular weight excluding hydrogens is 242 g/mol. The van der Waals surface area contributed by atoms with Crippen molar-refractivity contribution in [1.29, 1.82) is 0 Å². The topological polar surface area (TPSA) is 67.0 Å². The summed E-state index contributed by atoms with van der Waals surface area (Å²) >= 11 is 0. The van der Waals surface area contributed by atoms with Gasteiger partial charge in [-0.2, -0.15) is 5.10 Å². The minimum atomic E-state index is -0.0835. The Bertz CT molecular complexity index is 573. The van der Waals surface area contributed by atoms with Crippen LogP contribution in [0.3, 0.4) is 0 Å². The Balaban J connectivity index is 1.99. The van der Waals surface area contributed by atoms with Crippen molar-refractivity contribution in [3.8, 4) is 5.75 Å². The summed E-state index contributed by atoms with van der Waals surface area (Å²) in [7, 11) is 1.62. The fourth-order valence-corrected chi connectivity index (χ4v) is 1.71. The molecule has 1 aromatic heterocycles. The second-order valence-electron chi connectivity index (χ2n) is 4.40. The largest absolute Gasteiger partial charge is 0.497 e. The van der Waals surface area contributed by atoms with Crippen LogP contribution in [-0.4, -0.2) is 23.2 Å². The number of rotatable bonds is 4. The van der Waals surface area contributed by atoms with Crippen LogP contribution in [0.1, 0.15) is 16.8 Å². The average molecular weight is 259 g/mol. The number of aryl methyl sites for hydroxylation is 1. The van der Waals surface area contributed by atoms with E-state index in [4.69, 9.17) is 4.74 Å². The minimum Gasteiger partial charge on any atom is -0.497 e. The van der Waals surface area contributed by atoms with Gasteiger partial charge in [-0.3, -0.25) is 9.89 Å². The molecule has 1 heterocycles. The Kier molecular flexibility index (Phi) is 3.85. The van der Waals surface area contributed by atoms with E-state index in [2.05, 4.69) is 15.5 Å². The number of hydrogen-bond donors (Lipinski definition) is 2. The molecule has 0 aliphatic rings. The average Bonchev–Trinajstić information content (AvgIpc) is 2.71. The molecule has 0 aliphatic carbocycles. The summed E-state index contributed by atoms with van der Waals surface area (Å²) in [5, 5.41) is 9.68. The van der Waals surface area contributed by atoms with Gasteiger partial charge < -0.3 is 10.1 Å². The number of H-pyrrole nitrogens is 1. The Labute approximate surface area is 112 Å². The van der Waals surface area contributed by atoms with Gasteiger partial charge in [0.2, 0.25) is 5.91 Å². The van der Waals surface area contributed by atoms with Gasteiger partial charge in [-0.15, -0.1) is 0 Å². The Morgan fingerprint density at radius 2 is 2.00 bits per heavy atom. The highest BCUT2D eigenvalue weighted by Gasteiger charge is 2.10. The number of ether oxygens (including phenoxy) is 1. The lowest BCUT2D eigenvalue weighted by atomic mass is 10.1. The number of carbonyl (C=O) groups excluding carboxylic acids is 1. The number of nitrogens with one attached hydrogen (secondary N) is 2. The molecule has 0 spiro atoms. The predicted molar refractivity (Wildman–Crippen MR) is 73.4 cm³/mol. The first-order valence-corrected chi connectivity index (χ1v) is 6.04. The molecule has 0 fully saturated rings. The molecule has 5 heteroatoms. The molecule has 0 unspecified atom stereocenters. The van der Waals surface area contributed by atoms with Crippen LogP contribution in [0, 0.1) is 13.8 Å². The maximum Gasteiger partial charge on any atom is 0.230 e. The lowest BCUT2D eigenvalue weighted by molar-refractivity contribution is -0.115. The number of hydrogen-bond acceptors (Lipinski definition) is 3. The Hall–Kier alpha value is -2.30. The molecule has 0 aliphatic heterocycles. The summed E-state index contributed by atoms with van der Waals surface area (Å²) in [4.78, 5) is 11.9. The number of nitrogens with zero attached hydrogens (tertiary/aromatic N) is 1. The van der Waals surface area contributed by atoms with Crippen molar-refractivity contribution in [2.45, 2.75) is 20.3 Å². The number of anilines is 1. The van der Waals surface area contributed by atoms with Crippen LogP contribution >= 0.6 is 0 Å². The first-order chi connectivity index (χ1) is 9.10. The normalized spacial score (nSPS) is 10.3. The lowest BCUT2D eigenvalue weighted by Crippen LogP contribution is -2.15. The van der Waals surface area contributed by atoms with E-state index in [1.165, 1.54) is 0 Å². The monoisotopic (exact) mass is 259 g/mol. The van der Waals surface area contributed by atoms with E-state index < -0.39 is 0 Å². The second kappa shape index (κ2) is 5.56. The number of aromatic nitrogens is 2. The van der Waals surface area contributed by atoms with Crippen LogP contribution in [0.2, 0.25) is 0 Å². The van der Waals surface area contributed by atoms with Crippen LogP contribution in [-0.2, 0) is 11.2 Å². The van der Waals surface area contributed by atoms with E-state index in [0.717, 1.165) is 22.6 Å². The molecule has 0 bridgehead atoms. The zero-order valence-corrected chi connectivity index (χ0v) is 11.3. The Morgan fingerprint density at radius 3 is 2.53 bits per heavy atom. The third-order valence-corrected chi connectivity index (χ3v) is 3.03. The maximum absolute atomic E-state index is 11.9. The molecular formula is C14H17N3O2. The highest BCUT2D eigenvalue weighted by Crippen LogP contribution is 2.15. The van der Waals surface area contributed by atoms with Gasteiger partial charge in [0.15, 0.2) is 5.82 Å². The molecule has 0 saturated carbocycles. The van der Waals surface area contributed by atoms with E-state index >= 15 is 0 Å². The van der Waals surface area contributed by atoms with Crippen molar-refractivity contribution in [2.75, 3.05) is 12.4 Å². The van der Waals surface area contributed by atoms with Crippen molar-refractivity contribution >= 4 is 11.7 Å². The molecule has 2 rings (SSSR count). The summed E-state index contributed by atoms with van der Waals surface area (Å²) in [6, 6.07) is 7.43. The first-order valence-electron chi connectivity index (χ1n) is 6.04. The van der Waals surface area contributed by atoms with E-state index in [-0.39, 0.29) is 5.91 Å². The van der Waals surface area contributed by atoms with Crippen LogP contribution in [0.4, 0.5) is 5.82 Å². The molecule has 100 valence electrons. The summed E-state index contributed by atoms with van der Waals surface area (Å²) < 4.78 is 5.07. The number of aromatic amines is 1. The van der Waals surface area contributed by atoms with Gasteiger partial charge in [0.05, 0.1) is 13.5 Å². The van der Waals surface area contributed by atoms with Gasteiger partial charge >= 0.3 is 0 Å². The molecule has 19 heavy (non-hydrogen) atoms. The molecule has 2 aromatic rings. The molecule has 1 aromatic carbocycles. The van der Waals surface area contributed by atoms with Crippen molar-refractivity contribution in [3.63, 3.8) is 0 Å². The van der Waals surface area contributed by atoms with Gasteiger partial charge in [0, 0.05) is 11.3 Å². The highest BCUT2D eigenvalue weighted by molar-refractivity contribution is 5.92. The summed E-state index contributed by atoms with van der Waals surface area (Å²) in [5.74, 6) is 1.29. The van der Waals surface area contributed by atoms with Crippen molar-refractivity contribution in [3.05, 3.63) is 41.1 Å². The minimum absolute atomic E-state index is 0.0835. The Morgan fingerprint density at radius 1 is 1.32 bits per heavy atom. The van der Waals surface area contributed by atoms with E-state index in [0.29, 0.717) is 12.2 Å². The van der Waals surface area contributed by atoms with Gasteiger partial charge in [0.25, 0.3) is 0 Å². The van der Waals surface area contributed by atoms with Crippen LogP contribution in [0.25, 0.3) is 0 Å². The standard InChI is InChI=1S/C14H17N3O2/c1-9-10(2)16-17-14(9)15-13(18)8-11-4-6-12(19-3)7-5-11/h4-7H,8H2,1-3H3,(H2,15,16,17,18). The number of carbonyl (C=O) groups is 1. The molecule has 1 amide bonds. The van der Waals surface area contributed by atoms with Crippen LogP contribution in [0.5, 0.6) is 5.75 Å². The zero-order valence-electron chi connectivity index (χ0n) is 11.3. The van der Waals surface area contributed by atoms with E-state index in [1.807, 2.05) is 38.1 Å². The molecule has 0 saturated heterocycles. The van der Waals surface area contributed by atoms with Crippen molar-refractivity contribution in [1.82, 2.24) is 10.2 Å². The summed E-state index contributed by atoms with van der Waals surface area (Å²) in [6.45, 7) is 3.84. The fourth-order valence-electron chi connectivity index (χ4n) is 1.71. The van der Waals surface area contributed by atoms with Crippen molar-refractivity contribution in [2.24, 2.45) is 0 Å². The number of amides is 1. The highest BCUT2D eigenvalue weighted by atomic mass is 16.5.